The fraction of sp³-hybridized carbons (Fsp3) is 0.567. The quantitative estimate of drug-likeness (QED) is 0.342. The molecule has 228 valence electrons. The summed E-state index contributed by atoms with van der Waals surface area (Å²) in [5.41, 5.74) is 4.08. The molecule has 3 amide bonds. The molecule has 2 aromatic rings. The van der Waals surface area contributed by atoms with E-state index in [0.29, 0.717) is 25.9 Å². The lowest BCUT2D eigenvalue weighted by Crippen LogP contribution is -2.58. The SMILES string of the molecule is Cc1ncsc1-c1ccc(CNC(=O)C2C[C@@H](O)CN2C(=O)[C@@H](NC(=O)CN2CCC(C(=O)O)CC2)C(C)(C)C)cc1. The summed E-state index contributed by atoms with van der Waals surface area (Å²) in [5.74, 6) is -2.33. The molecule has 2 saturated heterocycles. The van der Waals surface area contributed by atoms with Crippen LogP contribution in [-0.4, -0.2) is 93.1 Å². The van der Waals surface area contributed by atoms with Crippen LogP contribution < -0.4 is 10.6 Å². The summed E-state index contributed by atoms with van der Waals surface area (Å²) in [7, 11) is 0. The monoisotopic (exact) mass is 599 g/mol. The van der Waals surface area contributed by atoms with Gasteiger partial charge in [-0.25, -0.2) is 4.98 Å². The molecule has 11 nitrogen and oxygen atoms in total. The summed E-state index contributed by atoms with van der Waals surface area (Å²) < 4.78 is 0. The van der Waals surface area contributed by atoms with Crippen LogP contribution in [0.1, 0.15) is 51.3 Å². The second-order valence-electron chi connectivity index (χ2n) is 12.3. The minimum absolute atomic E-state index is 0.00493. The van der Waals surface area contributed by atoms with Crippen LogP contribution in [0.2, 0.25) is 0 Å². The van der Waals surface area contributed by atoms with Gasteiger partial charge < -0.3 is 25.7 Å². The average molecular weight is 600 g/mol. The van der Waals surface area contributed by atoms with E-state index in [1.807, 2.05) is 62.4 Å². The number of β-amino-alcohol motifs (C(OH)–C–C–N with tert-alkyl or cyclic N) is 1. The molecule has 4 rings (SSSR count). The van der Waals surface area contributed by atoms with Crippen molar-refractivity contribution in [3.05, 3.63) is 41.0 Å². The zero-order chi connectivity index (χ0) is 30.6. The van der Waals surface area contributed by atoms with Crippen LogP contribution in [0.15, 0.2) is 29.8 Å². The van der Waals surface area contributed by atoms with E-state index in [1.54, 1.807) is 11.3 Å². The summed E-state index contributed by atoms with van der Waals surface area (Å²) >= 11 is 1.57. The van der Waals surface area contributed by atoms with E-state index < -0.39 is 41.4 Å². The molecule has 0 bridgehead atoms. The second kappa shape index (κ2) is 13.3. The number of aromatic nitrogens is 1. The Morgan fingerprint density at radius 3 is 2.36 bits per heavy atom. The summed E-state index contributed by atoms with van der Waals surface area (Å²) in [4.78, 5) is 59.9. The Bertz CT molecular complexity index is 1280. The maximum atomic E-state index is 13.8. The van der Waals surface area contributed by atoms with Crippen molar-refractivity contribution in [1.82, 2.24) is 25.4 Å². The smallest absolute Gasteiger partial charge is 0.306 e. The van der Waals surface area contributed by atoms with Gasteiger partial charge in [0.25, 0.3) is 0 Å². The van der Waals surface area contributed by atoms with Crippen LogP contribution in [0, 0.1) is 18.3 Å². The number of amides is 3. The maximum absolute atomic E-state index is 13.8. The number of carboxylic acid groups (broad SMARTS) is 1. The second-order valence-corrected chi connectivity index (χ2v) is 13.2. The van der Waals surface area contributed by atoms with Crippen molar-refractivity contribution in [2.75, 3.05) is 26.2 Å². The van der Waals surface area contributed by atoms with Gasteiger partial charge in [-0.15, -0.1) is 11.3 Å². The van der Waals surface area contributed by atoms with E-state index in [4.69, 9.17) is 0 Å². The number of aliphatic hydroxyl groups is 1. The third kappa shape index (κ3) is 7.73. The molecule has 3 atom stereocenters. The Kier molecular flexibility index (Phi) is 10.0. The Hall–Kier alpha value is -3.35. The molecule has 42 heavy (non-hydrogen) atoms. The fourth-order valence-electron chi connectivity index (χ4n) is 5.53. The molecule has 12 heteroatoms. The Labute approximate surface area is 250 Å². The third-order valence-corrected chi connectivity index (χ3v) is 8.99. The first-order valence-electron chi connectivity index (χ1n) is 14.3. The van der Waals surface area contributed by atoms with E-state index in [9.17, 15) is 29.4 Å². The van der Waals surface area contributed by atoms with Gasteiger partial charge in [0.2, 0.25) is 17.7 Å². The topological polar surface area (TPSA) is 152 Å². The lowest BCUT2D eigenvalue weighted by molar-refractivity contribution is -0.144. The third-order valence-electron chi connectivity index (χ3n) is 8.02. The van der Waals surface area contributed by atoms with Crippen LogP contribution in [0.25, 0.3) is 10.4 Å². The molecule has 0 spiro atoms. The predicted molar refractivity (Wildman–Crippen MR) is 158 cm³/mol. The molecule has 4 N–H and O–H groups in total. The molecule has 2 aliphatic rings. The summed E-state index contributed by atoms with van der Waals surface area (Å²) in [6.07, 6.45) is 0.217. The number of aryl methyl sites for hydroxylation is 1. The van der Waals surface area contributed by atoms with Gasteiger partial charge in [0.1, 0.15) is 12.1 Å². The van der Waals surface area contributed by atoms with Crippen LogP contribution in [-0.2, 0) is 25.7 Å². The van der Waals surface area contributed by atoms with Gasteiger partial charge in [-0.2, -0.15) is 0 Å². The normalized spacial score (nSPS) is 20.7. The molecular formula is C30H41N5O6S. The number of hydrogen-bond donors (Lipinski definition) is 4. The number of rotatable bonds is 9. The van der Waals surface area contributed by atoms with Gasteiger partial charge in [0, 0.05) is 19.5 Å². The van der Waals surface area contributed by atoms with Gasteiger partial charge in [-0.05, 0) is 49.4 Å². The van der Waals surface area contributed by atoms with Crippen molar-refractivity contribution in [3.63, 3.8) is 0 Å². The summed E-state index contributed by atoms with van der Waals surface area (Å²) in [6, 6.07) is 6.09. The van der Waals surface area contributed by atoms with Gasteiger partial charge in [-0.1, -0.05) is 45.0 Å². The number of nitrogens with zero attached hydrogens (tertiary/aromatic N) is 3. The van der Waals surface area contributed by atoms with E-state index in [2.05, 4.69) is 15.6 Å². The zero-order valence-corrected chi connectivity index (χ0v) is 25.4. The van der Waals surface area contributed by atoms with E-state index >= 15 is 0 Å². The molecule has 1 aromatic carbocycles. The molecule has 0 saturated carbocycles. The predicted octanol–water partition coefficient (Wildman–Crippen LogP) is 2.02. The number of nitrogens with one attached hydrogen (secondary N) is 2. The number of hydrogen-bond acceptors (Lipinski definition) is 8. The molecule has 3 heterocycles. The van der Waals surface area contributed by atoms with E-state index in [1.165, 1.54) is 4.90 Å². The molecule has 2 aliphatic heterocycles. The number of carbonyl (C=O) groups is 4. The summed E-state index contributed by atoms with van der Waals surface area (Å²) in [5, 5.41) is 25.4. The minimum atomic E-state index is -0.912. The van der Waals surface area contributed by atoms with Crippen LogP contribution in [0.3, 0.4) is 0 Å². The van der Waals surface area contributed by atoms with Gasteiger partial charge in [0.05, 0.1) is 34.6 Å². The lowest BCUT2D eigenvalue weighted by atomic mass is 9.85. The Balaban J connectivity index is 1.36. The van der Waals surface area contributed by atoms with Gasteiger partial charge in [0.15, 0.2) is 0 Å². The highest BCUT2D eigenvalue weighted by Gasteiger charge is 2.44. The molecule has 0 aliphatic carbocycles. The number of thiazole rings is 1. The highest BCUT2D eigenvalue weighted by atomic mass is 32.1. The highest BCUT2D eigenvalue weighted by molar-refractivity contribution is 7.13. The van der Waals surface area contributed by atoms with Crippen molar-refractivity contribution in [3.8, 4) is 10.4 Å². The minimum Gasteiger partial charge on any atom is -0.481 e. The molecular weight excluding hydrogens is 558 g/mol. The number of piperidine rings is 1. The van der Waals surface area contributed by atoms with Crippen molar-refractivity contribution >= 4 is 35.0 Å². The van der Waals surface area contributed by atoms with Crippen LogP contribution in [0.4, 0.5) is 0 Å². The fourth-order valence-corrected chi connectivity index (χ4v) is 6.34. The molecule has 1 unspecified atom stereocenters. The maximum Gasteiger partial charge on any atom is 0.306 e. The number of aliphatic carboxylic acids is 1. The first kappa shape index (κ1) is 31.6. The van der Waals surface area contributed by atoms with Crippen molar-refractivity contribution in [2.24, 2.45) is 11.3 Å². The van der Waals surface area contributed by atoms with E-state index in [0.717, 1.165) is 21.7 Å². The van der Waals surface area contributed by atoms with E-state index in [-0.39, 0.29) is 37.9 Å². The largest absolute Gasteiger partial charge is 0.481 e. The van der Waals surface area contributed by atoms with Crippen molar-refractivity contribution < 1.29 is 29.4 Å². The first-order valence-corrected chi connectivity index (χ1v) is 15.2. The Morgan fingerprint density at radius 1 is 1.12 bits per heavy atom. The van der Waals surface area contributed by atoms with Crippen molar-refractivity contribution in [1.29, 1.82) is 0 Å². The number of carboxylic acids is 1. The molecule has 1 aromatic heterocycles. The average Bonchev–Trinajstić information content (AvgIpc) is 3.55. The lowest BCUT2D eigenvalue weighted by Gasteiger charge is -2.36. The standard InChI is InChI=1S/C30H41N5O6S/c1-18-25(42-17-32-18)20-7-5-19(6-8-20)14-31-27(38)23-13-22(36)15-35(23)28(39)26(30(2,3)4)33-24(37)16-34-11-9-21(10-12-34)29(40)41/h5-8,17,21-23,26,36H,9-16H2,1-4H3,(H,31,38)(H,33,37)(H,40,41)/t22-,23?,26-/m1/s1. The summed E-state index contributed by atoms with van der Waals surface area (Å²) in [6.45, 7) is 8.80. The van der Waals surface area contributed by atoms with Crippen molar-refractivity contribution in [2.45, 2.75) is 71.7 Å². The number of carbonyl (C=O) groups excluding carboxylic acids is 3. The van der Waals surface area contributed by atoms with Crippen LogP contribution in [0.5, 0.6) is 0 Å². The molecule has 2 fully saturated rings. The number of likely N-dealkylation sites (tertiary alicyclic amines) is 2. The zero-order valence-electron chi connectivity index (χ0n) is 24.6. The number of aliphatic hydroxyl groups excluding tert-OH is 1. The Morgan fingerprint density at radius 2 is 1.79 bits per heavy atom. The highest BCUT2D eigenvalue weighted by Crippen LogP contribution is 2.28. The van der Waals surface area contributed by atoms with Gasteiger partial charge in [-0.3, -0.25) is 24.1 Å². The van der Waals surface area contributed by atoms with Crippen LogP contribution >= 0.6 is 11.3 Å². The van der Waals surface area contributed by atoms with Gasteiger partial charge >= 0.3 is 5.97 Å². The number of benzene rings is 1. The molecule has 0 radical (unpaired) electrons. The first-order chi connectivity index (χ1) is 19.8.